The highest BCUT2D eigenvalue weighted by atomic mass is 32.1. The first kappa shape index (κ1) is 18.7. The molecule has 6 nitrogen and oxygen atoms in total. The molecule has 0 bridgehead atoms. The average Bonchev–Trinajstić information content (AvgIpc) is 3.28. The van der Waals surface area contributed by atoms with Gasteiger partial charge in [-0.3, -0.25) is 9.69 Å². The number of carbonyl (C=O) groups is 1. The number of fused-ring (bicyclic) bond motifs is 2. The van der Waals surface area contributed by atoms with E-state index in [0.717, 1.165) is 34.5 Å². The Morgan fingerprint density at radius 3 is 2.71 bits per heavy atom. The number of quaternary nitrogens is 1. The smallest absolute Gasteiger partial charge is 0.260 e. The fraction of sp³-hybridized carbons (Fsp3) is 0.333. The molecular formula is C21H24N3O3S+. The number of aryl methyl sites for hydroxylation is 1. The number of hydrogen-bond acceptors (Lipinski definition) is 5. The van der Waals surface area contributed by atoms with Gasteiger partial charge in [-0.15, -0.1) is 0 Å². The summed E-state index contributed by atoms with van der Waals surface area (Å²) in [5.74, 6) is 1.43. The highest BCUT2D eigenvalue weighted by Gasteiger charge is 2.24. The largest absolute Gasteiger partial charge is 0.454 e. The summed E-state index contributed by atoms with van der Waals surface area (Å²) >= 11 is 1.51. The number of thiazole rings is 1. The molecule has 2 heterocycles. The number of ether oxygens (including phenoxy) is 2. The van der Waals surface area contributed by atoms with Crippen molar-refractivity contribution in [1.82, 2.24) is 4.98 Å². The van der Waals surface area contributed by atoms with Crippen molar-refractivity contribution in [2.45, 2.75) is 13.3 Å². The van der Waals surface area contributed by atoms with Crippen LogP contribution in [0.2, 0.25) is 0 Å². The summed E-state index contributed by atoms with van der Waals surface area (Å²) in [7, 11) is 4.24. The van der Waals surface area contributed by atoms with E-state index in [2.05, 4.69) is 14.1 Å². The summed E-state index contributed by atoms with van der Waals surface area (Å²) in [5, 5.41) is 0.709. The van der Waals surface area contributed by atoms with E-state index in [4.69, 9.17) is 14.5 Å². The molecule has 0 saturated heterocycles. The van der Waals surface area contributed by atoms with E-state index in [-0.39, 0.29) is 12.7 Å². The van der Waals surface area contributed by atoms with Crippen molar-refractivity contribution in [1.29, 1.82) is 0 Å². The van der Waals surface area contributed by atoms with Gasteiger partial charge in [-0.2, -0.15) is 0 Å². The molecule has 0 unspecified atom stereocenters. The van der Waals surface area contributed by atoms with Crippen LogP contribution in [0.1, 0.15) is 22.3 Å². The lowest BCUT2D eigenvalue weighted by Crippen LogP contribution is -3.05. The van der Waals surface area contributed by atoms with Gasteiger partial charge >= 0.3 is 0 Å². The maximum atomic E-state index is 13.4. The molecule has 3 aromatic rings. The van der Waals surface area contributed by atoms with E-state index < -0.39 is 0 Å². The maximum Gasteiger partial charge on any atom is 0.260 e. The van der Waals surface area contributed by atoms with Crippen molar-refractivity contribution in [2.75, 3.05) is 38.9 Å². The first-order chi connectivity index (χ1) is 13.5. The van der Waals surface area contributed by atoms with Crippen molar-refractivity contribution >= 4 is 32.6 Å². The van der Waals surface area contributed by atoms with Gasteiger partial charge in [0.05, 0.1) is 30.9 Å². The summed E-state index contributed by atoms with van der Waals surface area (Å²) in [4.78, 5) is 21.3. The van der Waals surface area contributed by atoms with Gasteiger partial charge in [-0.25, -0.2) is 4.98 Å². The molecule has 1 aromatic heterocycles. The van der Waals surface area contributed by atoms with Crippen LogP contribution in [0.15, 0.2) is 36.4 Å². The van der Waals surface area contributed by atoms with E-state index in [9.17, 15) is 4.79 Å². The zero-order valence-electron chi connectivity index (χ0n) is 16.3. The molecule has 1 N–H and O–H groups in total. The van der Waals surface area contributed by atoms with Gasteiger partial charge in [0.2, 0.25) is 6.79 Å². The minimum Gasteiger partial charge on any atom is -0.454 e. The number of rotatable bonds is 6. The number of nitrogens with zero attached hydrogens (tertiary/aromatic N) is 2. The Morgan fingerprint density at radius 1 is 1.21 bits per heavy atom. The summed E-state index contributed by atoms with van der Waals surface area (Å²) in [6.07, 6.45) is 0.901. The molecule has 0 radical (unpaired) electrons. The van der Waals surface area contributed by atoms with Crippen LogP contribution < -0.4 is 19.3 Å². The number of amides is 1. The van der Waals surface area contributed by atoms with Crippen LogP contribution in [0.25, 0.3) is 10.2 Å². The van der Waals surface area contributed by atoms with E-state index in [1.54, 1.807) is 0 Å². The van der Waals surface area contributed by atoms with Gasteiger partial charge in [0.15, 0.2) is 16.6 Å². The van der Waals surface area contributed by atoms with Crippen LogP contribution in [0.3, 0.4) is 0 Å². The third-order valence-corrected chi connectivity index (χ3v) is 5.82. The molecular weight excluding hydrogens is 374 g/mol. The molecule has 1 aliphatic rings. The fourth-order valence-corrected chi connectivity index (χ4v) is 4.25. The SMILES string of the molecule is Cc1ccccc1C(=O)N(CCC[NH+](C)C)c1nc2cc3c(cc2s1)OCO3. The summed E-state index contributed by atoms with van der Waals surface area (Å²) in [5.41, 5.74) is 2.51. The molecule has 4 rings (SSSR count). The minimum atomic E-state index is -0.00838. The Bertz CT molecular complexity index is 974. The predicted octanol–water partition coefficient (Wildman–Crippen LogP) is 2.51. The van der Waals surface area contributed by atoms with Crippen LogP contribution in [0.4, 0.5) is 5.13 Å². The normalized spacial score (nSPS) is 12.7. The second-order valence-electron chi connectivity index (χ2n) is 7.25. The summed E-state index contributed by atoms with van der Waals surface area (Å²) in [6.45, 7) is 3.82. The average molecular weight is 399 g/mol. The zero-order chi connectivity index (χ0) is 19.7. The molecule has 0 saturated carbocycles. The molecule has 0 spiro atoms. The Labute approximate surface area is 168 Å². The fourth-order valence-electron chi connectivity index (χ4n) is 3.25. The molecule has 1 amide bonds. The van der Waals surface area contributed by atoms with Crippen molar-refractivity contribution in [3.8, 4) is 11.5 Å². The molecule has 28 heavy (non-hydrogen) atoms. The number of aromatic nitrogens is 1. The van der Waals surface area contributed by atoms with Crippen molar-refractivity contribution in [2.24, 2.45) is 0 Å². The van der Waals surface area contributed by atoms with Crippen molar-refractivity contribution in [3.63, 3.8) is 0 Å². The molecule has 2 aromatic carbocycles. The molecule has 146 valence electrons. The molecule has 0 fully saturated rings. The quantitative estimate of drug-likeness (QED) is 0.693. The van der Waals surface area contributed by atoms with Crippen LogP contribution in [0.5, 0.6) is 11.5 Å². The third-order valence-electron chi connectivity index (χ3n) is 4.78. The Morgan fingerprint density at radius 2 is 1.96 bits per heavy atom. The van der Waals surface area contributed by atoms with Gasteiger partial charge in [-0.1, -0.05) is 29.5 Å². The number of benzene rings is 2. The number of carbonyl (C=O) groups excluding carboxylic acids is 1. The molecule has 0 atom stereocenters. The van der Waals surface area contributed by atoms with Gasteiger partial charge in [-0.05, 0) is 18.6 Å². The molecule has 0 aliphatic carbocycles. The van der Waals surface area contributed by atoms with Gasteiger partial charge in [0.1, 0.15) is 0 Å². The topological polar surface area (TPSA) is 56.1 Å². The summed E-state index contributed by atoms with van der Waals surface area (Å²) in [6, 6.07) is 11.5. The second-order valence-corrected chi connectivity index (χ2v) is 8.26. The first-order valence-corrected chi connectivity index (χ1v) is 10.2. The third kappa shape index (κ3) is 3.68. The predicted molar refractivity (Wildman–Crippen MR) is 111 cm³/mol. The highest BCUT2D eigenvalue weighted by Crippen LogP contribution is 2.40. The van der Waals surface area contributed by atoms with Crippen molar-refractivity contribution < 1.29 is 19.2 Å². The molecule has 1 aliphatic heterocycles. The number of anilines is 1. The van der Waals surface area contributed by atoms with Gasteiger partial charge in [0, 0.05) is 30.7 Å². The minimum absolute atomic E-state index is 0.00838. The van der Waals surface area contributed by atoms with Crippen molar-refractivity contribution in [3.05, 3.63) is 47.5 Å². The monoisotopic (exact) mass is 398 g/mol. The van der Waals surface area contributed by atoms with Crippen LogP contribution in [0, 0.1) is 6.92 Å². The number of hydrogen-bond donors (Lipinski definition) is 1. The lowest BCUT2D eigenvalue weighted by Gasteiger charge is -2.21. The lowest BCUT2D eigenvalue weighted by atomic mass is 10.1. The maximum absolute atomic E-state index is 13.4. The van der Waals surface area contributed by atoms with Gasteiger partial charge < -0.3 is 14.4 Å². The Balaban J connectivity index is 1.69. The Kier molecular flexibility index (Phi) is 5.19. The lowest BCUT2D eigenvalue weighted by molar-refractivity contribution is -0.858. The van der Waals surface area contributed by atoms with Crippen LogP contribution >= 0.6 is 11.3 Å². The van der Waals surface area contributed by atoms with Gasteiger partial charge in [0.25, 0.3) is 5.91 Å². The second kappa shape index (κ2) is 7.77. The molecule has 7 heteroatoms. The standard InChI is InChI=1S/C21H23N3O3S/c1-14-7-4-5-8-15(14)20(25)24(10-6-9-23(2)3)21-22-16-11-17-18(27-13-26-17)12-19(16)28-21/h4-5,7-8,11-12H,6,9-10,13H2,1-3H3/p+1. The van der Waals surface area contributed by atoms with Crippen LogP contribution in [-0.4, -0.2) is 44.9 Å². The van der Waals surface area contributed by atoms with Crippen LogP contribution in [-0.2, 0) is 0 Å². The summed E-state index contributed by atoms with van der Waals surface area (Å²) < 4.78 is 11.9. The van der Waals surface area contributed by atoms with E-state index in [1.807, 2.05) is 48.2 Å². The Hall–Kier alpha value is -2.64. The first-order valence-electron chi connectivity index (χ1n) is 9.39. The van der Waals surface area contributed by atoms with E-state index in [1.165, 1.54) is 16.2 Å². The van der Waals surface area contributed by atoms with E-state index >= 15 is 0 Å². The van der Waals surface area contributed by atoms with E-state index in [0.29, 0.717) is 23.0 Å². The number of nitrogens with one attached hydrogen (secondary N) is 1. The highest BCUT2D eigenvalue weighted by molar-refractivity contribution is 7.22. The zero-order valence-corrected chi connectivity index (χ0v) is 17.1.